The summed E-state index contributed by atoms with van der Waals surface area (Å²) < 4.78 is 56.1. The molecule has 22 heteroatoms. The van der Waals surface area contributed by atoms with Crippen molar-refractivity contribution >= 4 is 0 Å². The summed E-state index contributed by atoms with van der Waals surface area (Å²) in [7, 11) is 0. The van der Waals surface area contributed by atoms with Gasteiger partial charge < -0.3 is 109 Å². The highest BCUT2D eigenvalue weighted by Crippen LogP contribution is 2.81. The van der Waals surface area contributed by atoms with E-state index in [0.29, 0.717) is 12.8 Å². The van der Waals surface area contributed by atoms with E-state index < -0.39 is 177 Å². The standard InChI is InChI=1S/C53H88O22/c1-22-31(57)35(61)38(64)42(68-22)74-41-37(63)33(59)24(20-55)70-45(41)71-25-21-67-44(40(34(25)60)73-43-39(65)36(62)32(58)23(19-54)69-43)72-30-11-12-49(6)26(48(30,4)5)9-13-50(7)27(49)10-14-53-28-17-47(2,3)15-16-52(28,46(66)75-53)29(56)18-51(50,53)8/h22-46,54-66H,9-21H2,1-8H3/t22-,23+,24+,25-,26-,27+,28+,29+,30-,31-,32+,33+,34-,35+,36-,37-,38+,39+,40+,41+,42-,43-,44-,45-,46?,49-,50+,51-,52+,53-/m0/s1. The van der Waals surface area contributed by atoms with Gasteiger partial charge in [-0.3, -0.25) is 0 Å². The Morgan fingerprint density at radius 2 is 1.09 bits per heavy atom. The van der Waals surface area contributed by atoms with Crippen molar-refractivity contribution in [3.05, 3.63) is 0 Å². The van der Waals surface area contributed by atoms with Crippen LogP contribution in [0, 0.1) is 50.2 Å². The fourth-order valence-corrected chi connectivity index (χ4v) is 17.7. The number of fused-ring (bicyclic) bond motifs is 4. The average molecular weight is 1080 g/mol. The first kappa shape index (κ1) is 57.4. The number of ether oxygens (including phenoxy) is 9. The summed E-state index contributed by atoms with van der Waals surface area (Å²) in [6.45, 7) is 15.5. The topological polar surface area (TPSA) is 346 Å². The Morgan fingerprint density at radius 3 is 1.75 bits per heavy atom. The molecule has 75 heavy (non-hydrogen) atoms. The van der Waals surface area contributed by atoms with E-state index >= 15 is 0 Å². The van der Waals surface area contributed by atoms with E-state index in [9.17, 15) is 66.4 Å². The highest BCUT2D eigenvalue weighted by Gasteiger charge is 2.82. The van der Waals surface area contributed by atoms with Crippen molar-refractivity contribution in [1.82, 2.24) is 0 Å². The van der Waals surface area contributed by atoms with Gasteiger partial charge in [-0.2, -0.15) is 0 Å². The highest BCUT2D eigenvalue weighted by atomic mass is 16.8. The van der Waals surface area contributed by atoms with Crippen molar-refractivity contribution in [2.75, 3.05) is 19.8 Å². The van der Waals surface area contributed by atoms with Crippen molar-refractivity contribution < 1.29 is 109 Å². The van der Waals surface area contributed by atoms with Crippen LogP contribution in [0.15, 0.2) is 0 Å². The predicted molar refractivity (Wildman–Crippen MR) is 256 cm³/mol. The van der Waals surface area contributed by atoms with Crippen LogP contribution in [0.5, 0.6) is 0 Å². The summed E-state index contributed by atoms with van der Waals surface area (Å²) in [6, 6.07) is 0. The molecule has 1 unspecified atom stereocenters. The minimum Gasteiger partial charge on any atom is -0.394 e. The van der Waals surface area contributed by atoms with Crippen molar-refractivity contribution in [3.63, 3.8) is 0 Å². The number of aliphatic hydroxyl groups is 13. The summed E-state index contributed by atoms with van der Waals surface area (Å²) in [5, 5.41) is 143. The molecule has 10 aliphatic rings. The second kappa shape index (κ2) is 19.9. The Bertz CT molecular complexity index is 2030. The lowest BCUT2D eigenvalue weighted by Crippen LogP contribution is -2.74. The molecule has 5 heterocycles. The molecule has 5 aliphatic heterocycles. The maximum absolute atomic E-state index is 12.4. The Balaban J connectivity index is 0.905. The first-order valence-electron chi connectivity index (χ1n) is 27.7. The zero-order valence-electron chi connectivity index (χ0n) is 44.6. The normalized spacial score (nSPS) is 58.3. The van der Waals surface area contributed by atoms with E-state index in [2.05, 4.69) is 48.5 Å². The van der Waals surface area contributed by atoms with E-state index in [1.54, 1.807) is 0 Å². The lowest BCUT2D eigenvalue weighted by atomic mass is 9.30. The van der Waals surface area contributed by atoms with E-state index in [1.807, 2.05) is 0 Å². The van der Waals surface area contributed by atoms with Crippen molar-refractivity contribution in [3.8, 4) is 0 Å². The number of hydrogen-bond acceptors (Lipinski definition) is 22. The van der Waals surface area contributed by atoms with Crippen LogP contribution >= 0.6 is 0 Å². The van der Waals surface area contributed by atoms with Crippen LogP contribution in [0.3, 0.4) is 0 Å². The molecule has 13 N–H and O–H groups in total. The molecule has 5 saturated carbocycles. The van der Waals surface area contributed by atoms with Gasteiger partial charge in [-0.1, -0.05) is 48.5 Å². The lowest BCUT2D eigenvalue weighted by molar-refractivity contribution is -0.394. The number of hydrogen-bond donors (Lipinski definition) is 13. The number of rotatable bonds is 10. The molecule has 432 valence electrons. The smallest absolute Gasteiger partial charge is 0.187 e. The summed E-state index contributed by atoms with van der Waals surface area (Å²) in [5.41, 5.74) is -2.62. The Hall–Kier alpha value is -0.880. The van der Waals surface area contributed by atoms with E-state index in [-0.39, 0.29) is 34.0 Å². The maximum atomic E-state index is 12.4. The molecule has 10 fully saturated rings. The van der Waals surface area contributed by atoms with Gasteiger partial charge in [0, 0.05) is 11.3 Å². The third-order valence-corrected chi connectivity index (χ3v) is 22.3. The summed E-state index contributed by atoms with van der Waals surface area (Å²) in [6.07, 6.45) is -25.6. The Morgan fingerprint density at radius 1 is 0.507 bits per heavy atom. The molecule has 10 rings (SSSR count). The summed E-state index contributed by atoms with van der Waals surface area (Å²) >= 11 is 0. The molecule has 0 aromatic carbocycles. The third kappa shape index (κ3) is 8.54. The first-order valence-corrected chi connectivity index (χ1v) is 27.7. The van der Waals surface area contributed by atoms with Crippen molar-refractivity contribution in [1.29, 1.82) is 0 Å². The van der Waals surface area contributed by atoms with Gasteiger partial charge in [0.2, 0.25) is 0 Å². The molecule has 0 radical (unpaired) electrons. The summed E-state index contributed by atoms with van der Waals surface area (Å²) in [4.78, 5) is 0. The molecule has 0 aromatic heterocycles. The minimum absolute atomic E-state index is 0.0252. The largest absolute Gasteiger partial charge is 0.394 e. The first-order chi connectivity index (χ1) is 35.1. The second-order valence-electron chi connectivity index (χ2n) is 26.7. The number of aliphatic hydroxyl groups excluding tert-OH is 13. The monoisotopic (exact) mass is 1080 g/mol. The quantitative estimate of drug-likeness (QED) is 0.112. The van der Waals surface area contributed by atoms with Gasteiger partial charge >= 0.3 is 0 Å². The molecule has 2 bridgehead atoms. The zero-order chi connectivity index (χ0) is 54.5. The molecular formula is C53H88O22. The van der Waals surface area contributed by atoms with Gasteiger partial charge in [0.15, 0.2) is 31.5 Å². The molecule has 5 aliphatic carbocycles. The van der Waals surface area contributed by atoms with Gasteiger partial charge in [0.1, 0.15) is 85.5 Å². The van der Waals surface area contributed by atoms with Gasteiger partial charge in [-0.15, -0.1) is 0 Å². The fourth-order valence-electron chi connectivity index (χ4n) is 17.7. The van der Waals surface area contributed by atoms with Crippen LogP contribution in [0.25, 0.3) is 0 Å². The molecule has 1 spiro atoms. The third-order valence-electron chi connectivity index (χ3n) is 22.3. The van der Waals surface area contributed by atoms with Crippen molar-refractivity contribution in [2.24, 2.45) is 50.2 Å². The molecular weight excluding hydrogens is 989 g/mol. The average Bonchev–Trinajstić information content (AvgIpc) is 3.59. The molecule has 22 nitrogen and oxygen atoms in total. The van der Waals surface area contributed by atoms with Gasteiger partial charge in [-0.05, 0) is 105 Å². The maximum Gasteiger partial charge on any atom is 0.187 e. The van der Waals surface area contributed by atoms with Gasteiger partial charge in [-0.25, -0.2) is 0 Å². The lowest BCUT2D eigenvalue weighted by Gasteiger charge is -2.75. The highest BCUT2D eigenvalue weighted by molar-refractivity contribution is 5.29. The molecule has 0 amide bonds. The van der Waals surface area contributed by atoms with Crippen LogP contribution in [0.4, 0.5) is 0 Å². The molecule has 30 atom stereocenters. The van der Waals surface area contributed by atoms with Crippen LogP contribution in [0.2, 0.25) is 0 Å². The van der Waals surface area contributed by atoms with Gasteiger partial charge in [0.05, 0.1) is 49.1 Å². The molecule has 0 aromatic rings. The van der Waals surface area contributed by atoms with Crippen LogP contribution in [-0.4, -0.2) is 227 Å². The predicted octanol–water partition coefficient (Wildman–Crippen LogP) is -1.37. The second-order valence-corrected chi connectivity index (χ2v) is 26.7. The van der Waals surface area contributed by atoms with E-state index in [0.717, 1.165) is 51.4 Å². The Labute approximate surface area is 438 Å². The summed E-state index contributed by atoms with van der Waals surface area (Å²) in [5.74, 6) is 0.376. The van der Waals surface area contributed by atoms with E-state index in [4.69, 9.17) is 42.6 Å². The fraction of sp³-hybridized carbons (Fsp3) is 1.00. The van der Waals surface area contributed by atoms with Crippen LogP contribution in [0.1, 0.15) is 120 Å². The van der Waals surface area contributed by atoms with Crippen molar-refractivity contribution in [2.45, 2.75) is 260 Å². The van der Waals surface area contributed by atoms with Crippen LogP contribution in [-0.2, 0) is 42.6 Å². The SMILES string of the molecule is C[C@@H]1O[C@@H](O[C@H]2[C@H](O[C@H]3CO[C@@H](O[C@H]4CC[C@]5(C)[C@H]6CC[C@]78OC(O)[C@@]9(CCC(C)(C)C[C@H]97)[C@H](O)C[C@@]8(C)[C@]6(C)CC[C@H]5C4(C)C)[C@H](O[C@@H]4O[C@H](CO)[C@@H](O)[C@H](O)[C@H]4O)[C@H]3O)O[C@H](CO)[C@@H](O)[C@@H]2O)[C@H](O)[C@H](O)[C@H]1O. The minimum atomic E-state index is -1.89. The van der Waals surface area contributed by atoms with Crippen LogP contribution < -0.4 is 0 Å². The Kier molecular flexibility index (Phi) is 15.2. The van der Waals surface area contributed by atoms with Gasteiger partial charge in [0.25, 0.3) is 0 Å². The van der Waals surface area contributed by atoms with E-state index in [1.165, 1.54) is 6.92 Å². The molecule has 5 saturated heterocycles. The zero-order valence-corrected chi connectivity index (χ0v) is 44.6.